The molecule has 5 nitrogen and oxygen atoms in total. The van der Waals surface area contributed by atoms with Crippen molar-refractivity contribution in [2.24, 2.45) is 5.92 Å². The molecule has 110 valence electrons. The van der Waals surface area contributed by atoms with E-state index in [-0.39, 0.29) is 12.5 Å². The molecule has 1 atom stereocenters. The van der Waals surface area contributed by atoms with E-state index in [1.165, 1.54) is 11.3 Å². The van der Waals surface area contributed by atoms with E-state index in [1.807, 2.05) is 11.4 Å². The molecule has 0 spiro atoms. The number of thiophene rings is 1. The second kappa shape index (κ2) is 6.90. The van der Waals surface area contributed by atoms with E-state index in [0.717, 1.165) is 0 Å². The smallest absolute Gasteiger partial charge is 0.309 e. The first-order valence-corrected chi connectivity index (χ1v) is 7.25. The molecule has 2 N–H and O–H groups in total. The number of benzene rings is 1. The van der Waals surface area contributed by atoms with E-state index < -0.39 is 11.9 Å². The molecule has 21 heavy (non-hydrogen) atoms. The molecule has 0 radical (unpaired) electrons. The Morgan fingerprint density at radius 1 is 1.29 bits per heavy atom. The second-order valence-electron chi connectivity index (χ2n) is 4.51. The Hall–Kier alpha value is -2.34. The van der Waals surface area contributed by atoms with Gasteiger partial charge in [0.15, 0.2) is 0 Å². The lowest BCUT2D eigenvalue weighted by Crippen LogP contribution is -2.17. The number of carboxylic acids is 1. The maximum atomic E-state index is 11.9. The summed E-state index contributed by atoms with van der Waals surface area (Å²) in [7, 11) is 0. The van der Waals surface area contributed by atoms with E-state index in [0.29, 0.717) is 16.3 Å². The largest absolute Gasteiger partial charge is 0.493 e. The van der Waals surface area contributed by atoms with E-state index in [1.54, 1.807) is 37.3 Å². The minimum absolute atomic E-state index is 0.107. The highest BCUT2D eigenvalue weighted by molar-refractivity contribution is 7.12. The minimum Gasteiger partial charge on any atom is -0.493 e. The van der Waals surface area contributed by atoms with E-state index in [2.05, 4.69) is 5.32 Å². The third-order valence-electron chi connectivity index (χ3n) is 2.78. The van der Waals surface area contributed by atoms with Crippen LogP contribution in [0.3, 0.4) is 0 Å². The lowest BCUT2D eigenvalue weighted by Gasteiger charge is -2.10. The van der Waals surface area contributed by atoms with Crippen molar-refractivity contribution in [2.75, 3.05) is 11.9 Å². The van der Waals surface area contributed by atoms with Gasteiger partial charge in [-0.1, -0.05) is 6.07 Å². The molecule has 1 aromatic carbocycles. The van der Waals surface area contributed by atoms with Crippen LogP contribution in [0, 0.1) is 5.92 Å². The number of carboxylic acid groups (broad SMARTS) is 1. The quantitative estimate of drug-likeness (QED) is 0.860. The van der Waals surface area contributed by atoms with Crippen LogP contribution in [0.4, 0.5) is 5.69 Å². The average Bonchev–Trinajstić information content (AvgIpc) is 3.00. The molecule has 2 rings (SSSR count). The highest BCUT2D eigenvalue weighted by Gasteiger charge is 2.11. The van der Waals surface area contributed by atoms with Crippen molar-refractivity contribution in [2.45, 2.75) is 6.92 Å². The third-order valence-corrected chi connectivity index (χ3v) is 3.65. The highest BCUT2D eigenvalue weighted by Crippen LogP contribution is 2.18. The van der Waals surface area contributed by atoms with E-state index in [4.69, 9.17) is 9.84 Å². The van der Waals surface area contributed by atoms with Gasteiger partial charge in [-0.15, -0.1) is 11.3 Å². The summed E-state index contributed by atoms with van der Waals surface area (Å²) in [5.41, 5.74) is 0.659. The van der Waals surface area contributed by atoms with Gasteiger partial charge in [0.2, 0.25) is 0 Å². The van der Waals surface area contributed by atoms with Crippen molar-refractivity contribution < 1.29 is 19.4 Å². The number of aliphatic carboxylic acids is 1. The van der Waals surface area contributed by atoms with Crippen molar-refractivity contribution in [3.8, 4) is 5.75 Å². The number of nitrogens with one attached hydrogen (secondary N) is 1. The van der Waals surface area contributed by atoms with Gasteiger partial charge in [-0.25, -0.2) is 0 Å². The van der Waals surface area contributed by atoms with Crippen LogP contribution in [-0.4, -0.2) is 23.6 Å². The molecular formula is C15H15NO4S. The second-order valence-corrected chi connectivity index (χ2v) is 5.45. The molecule has 1 unspecified atom stereocenters. The summed E-state index contributed by atoms with van der Waals surface area (Å²) in [6, 6.07) is 10.4. The third kappa shape index (κ3) is 4.32. The summed E-state index contributed by atoms with van der Waals surface area (Å²) in [5.74, 6) is -1.05. The number of amides is 1. The topological polar surface area (TPSA) is 75.6 Å². The van der Waals surface area contributed by atoms with Crippen molar-refractivity contribution in [1.29, 1.82) is 0 Å². The van der Waals surface area contributed by atoms with Gasteiger partial charge in [-0.3, -0.25) is 9.59 Å². The molecule has 0 saturated heterocycles. The normalized spacial score (nSPS) is 11.7. The molecule has 1 amide bonds. The molecule has 0 aliphatic rings. The van der Waals surface area contributed by atoms with Crippen molar-refractivity contribution in [1.82, 2.24) is 0 Å². The van der Waals surface area contributed by atoms with Crippen molar-refractivity contribution >= 4 is 28.9 Å². The van der Waals surface area contributed by atoms with Crippen molar-refractivity contribution in [3.63, 3.8) is 0 Å². The summed E-state index contributed by atoms with van der Waals surface area (Å²) in [4.78, 5) is 23.2. The van der Waals surface area contributed by atoms with Crippen LogP contribution in [0.2, 0.25) is 0 Å². The standard InChI is InChI=1S/C15H15NO4S/c1-10(15(18)19)9-20-12-6-4-11(5-7-12)16-14(17)13-3-2-8-21-13/h2-8,10H,9H2,1H3,(H,16,17)(H,18,19). The monoisotopic (exact) mass is 305 g/mol. The van der Waals surface area contributed by atoms with Crippen LogP contribution in [0.15, 0.2) is 41.8 Å². The predicted molar refractivity (Wildman–Crippen MR) is 81.0 cm³/mol. The fourth-order valence-electron chi connectivity index (χ4n) is 1.53. The fraction of sp³-hybridized carbons (Fsp3) is 0.200. The average molecular weight is 305 g/mol. The molecule has 0 aliphatic carbocycles. The van der Waals surface area contributed by atoms with Gasteiger partial charge in [-0.2, -0.15) is 0 Å². The molecule has 1 aromatic heterocycles. The molecule has 0 aliphatic heterocycles. The first kappa shape index (κ1) is 15.1. The Morgan fingerprint density at radius 3 is 2.57 bits per heavy atom. The van der Waals surface area contributed by atoms with Gasteiger partial charge >= 0.3 is 5.97 Å². The highest BCUT2D eigenvalue weighted by atomic mass is 32.1. The molecule has 0 bridgehead atoms. The number of carbonyl (C=O) groups excluding carboxylic acids is 1. The molecular weight excluding hydrogens is 290 g/mol. The Labute approximate surface area is 126 Å². The Kier molecular flexibility index (Phi) is 4.94. The fourth-order valence-corrected chi connectivity index (χ4v) is 2.15. The first-order chi connectivity index (χ1) is 10.1. The minimum atomic E-state index is -0.894. The van der Waals surface area contributed by atoms with Gasteiger partial charge in [0.1, 0.15) is 12.4 Å². The van der Waals surface area contributed by atoms with Crippen LogP contribution in [-0.2, 0) is 4.79 Å². The Bertz CT molecular complexity index is 607. The number of hydrogen-bond acceptors (Lipinski definition) is 4. The van der Waals surface area contributed by atoms with Gasteiger partial charge in [-0.05, 0) is 42.6 Å². The number of anilines is 1. The SMILES string of the molecule is CC(COc1ccc(NC(=O)c2cccs2)cc1)C(=O)O. The van der Waals surface area contributed by atoms with Crippen LogP contribution in [0.5, 0.6) is 5.75 Å². The summed E-state index contributed by atoms with van der Waals surface area (Å²) < 4.78 is 5.37. The Morgan fingerprint density at radius 2 is 2.00 bits per heavy atom. The maximum absolute atomic E-state index is 11.9. The molecule has 0 saturated carbocycles. The zero-order valence-electron chi connectivity index (χ0n) is 11.4. The number of rotatable bonds is 6. The molecule has 1 heterocycles. The first-order valence-electron chi connectivity index (χ1n) is 6.37. The summed E-state index contributed by atoms with van der Waals surface area (Å²) in [5, 5.41) is 13.4. The van der Waals surface area contributed by atoms with Crippen LogP contribution < -0.4 is 10.1 Å². The molecule has 0 fully saturated rings. The van der Waals surface area contributed by atoms with Crippen LogP contribution >= 0.6 is 11.3 Å². The van der Waals surface area contributed by atoms with Crippen LogP contribution in [0.25, 0.3) is 0 Å². The zero-order chi connectivity index (χ0) is 15.2. The van der Waals surface area contributed by atoms with Crippen LogP contribution in [0.1, 0.15) is 16.6 Å². The van der Waals surface area contributed by atoms with Gasteiger partial charge in [0.05, 0.1) is 10.8 Å². The molecule has 2 aromatic rings. The lowest BCUT2D eigenvalue weighted by molar-refractivity contribution is -0.142. The van der Waals surface area contributed by atoms with E-state index >= 15 is 0 Å². The lowest BCUT2D eigenvalue weighted by atomic mass is 10.2. The summed E-state index contributed by atoms with van der Waals surface area (Å²) in [6.07, 6.45) is 0. The number of carbonyl (C=O) groups is 2. The predicted octanol–water partition coefficient (Wildman–Crippen LogP) is 3.10. The van der Waals surface area contributed by atoms with Crippen molar-refractivity contribution in [3.05, 3.63) is 46.7 Å². The maximum Gasteiger partial charge on any atom is 0.309 e. The number of ether oxygens (including phenoxy) is 1. The van der Waals surface area contributed by atoms with Gasteiger partial charge in [0.25, 0.3) is 5.91 Å². The van der Waals surface area contributed by atoms with E-state index in [9.17, 15) is 9.59 Å². The van der Waals surface area contributed by atoms with Gasteiger partial charge < -0.3 is 15.2 Å². The molecule has 6 heteroatoms. The summed E-state index contributed by atoms with van der Waals surface area (Å²) in [6.45, 7) is 1.69. The van der Waals surface area contributed by atoms with Gasteiger partial charge in [0, 0.05) is 5.69 Å². The Balaban J connectivity index is 1.90. The number of hydrogen-bond donors (Lipinski definition) is 2. The zero-order valence-corrected chi connectivity index (χ0v) is 12.2. The summed E-state index contributed by atoms with van der Waals surface area (Å²) >= 11 is 1.38.